The number of fused-ring (bicyclic) bond motifs is 1. The fraction of sp³-hybridized carbons (Fsp3) is 0.300. The molecule has 2 aromatic carbocycles. The van der Waals surface area contributed by atoms with Gasteiger partial charge in [0, 0.05) is 22.1 Å². The number of carbonyl (C=O) groups is 2. The molecular weight excluding hydrogens is 382 g/mol. The van der Waals surface area contributed by atoms with E-state index < -0.39 is 11.5 Å². The van der Waals surface area contributed by atoms with Gasteiger partial charge in [-0.25, -0.2) is 0 Å². The third kappa shape index (κ3) is 3.26. The van der Waals surface area contributed by atoms with E-state index in [1.165, 1.54) is 0 Å². The van der Waals surface area contributed by atoms with E-state index in [9.17, 15) is 14.7 Å². The summed E-state index contributed by atoms with van der Waals surface area (Å²) in [6.45, 7) is 2.59. The fourth-order valence-electron chi connectivity index (χ4n) is 3.19. The number of Topliss-reactive ketones (excluding diaryl/α,β-unsaturated/α-hetero) is 1. The molecule has 0 aromatic heterocycles. The molecule has 4 nitrogen and oxygen atoms in total. The number of aliphatic hydroxyl groups is 1. The first-order valence-corrected chi connectivity index (χ1v) is 9.19. The average Bonchev–Trinajstić information content (AvgIpc) is 2.82. The molecule has 5 heteroatoms. The van der Waals surface area contributed by atoms with E-state index in [4.69, 9.17) is 0 Å². The average molecular weight is 402 g/mol. The van der Waals surface area contributed by atoms with E-state index in [1.54, 1.807) is 41.3 Å². The first-order valence-electron chi connectivity index (χ1n) is 8.40. The van der Waals surface area contributed by atoms with E-state index in [0.29, 0.717) is 23.4 Å². The number of anilines is 1. The van der Waals surface area contributed by atoms with E-state index in [1.807, 2.05) is 12.1 Å². The van der Waals surface area contributed by atoms with Crippen molar-refractivity contribution < 1.29 is 14.7 Å². The maximum atomic E-state index is 12.9. The van der Waals surface area contributed by atoms with Crippen molar-refractivity contribution in [1.29, 1.82) is 0 Å². The normalized spacial score (nSPS) is 19.2. The number of unbranched alkanes of at least 4 members (excludes halogenated alkanes) is 1. The summed E-state index contributed by atoms with van der Waals surface area (Å²) in [6, 6.07) is 14.1. The first kappa shape index (κ1) is 17.8. The van der Waals surface area contributed by atoms with Gasteiger partial charge in [-0.15, -0.1) is 0 Å². The monoisotopic (exact) mass is 401 g/mol. The highest BCUT2D eigenvalue weighted by molar-refractivity contribution is 9.10. The van der Waals surface area contributed by atoms with Gasteiger partial charge in [-0.2, -0.15) is 0 Å². The molecule has 2 aromatic rings. The van der Waals surface area contributed by atoms with Gasteiger partial charge in [0.05, 0.1) is 12.1 Å². The van der Waals surface area contributed by atoms with Crippen molar-refractivity contribution in [2.24, 2.45) is 0 Å². The molecule has 0 unspecified atom stereocenters. The van der Waals surface area contributed by atoms with Crippen LogP contribution < -0.4 is 4.90 Å². The Kier molecular flexibility index (Phi) is 5.06. The fourth-order valence-corrected chi connectivity index (χ4v) is 3.45. The summed E-state index contributed by atoms with van der Waals surface area (Å²) >= 11 is 3.33. The summed E-state index contributed by atoms with van der Waals surface area (Å²) < 4.78 is 0.871. The molecule has 1 aliphatic heterocycles. The van der Waals surface area contributed by atoms with Gasteiger partial charge in [0.2, 0.25) is 0 Å². The molecule has 0 bridgehead atoms. The molecule has 1 aliphatic rings. The van der Waals surface area contributed by atoms with E-state index in [-0.39, 0.29) is 12.2 Å². The van der Waals surface area contributed by atoms with Crippen molar-refractivity contribution in [3.63, 3.8) is 0 Å². The molecule has 1 atom stereocenters. The topological polar surface area (TPSA) is 57.6 Å². The summed E-state index contributed by atoms with van der Waals surface area (Å²) in [5.41, 5.74) is -0.100. The van der Waals surface area contributed by atoms with Gasteiger partial charge in [0.15, 0.2) is 11.4 Å². The zero-order valence-corrected chi connectivity index (χ0v) is 15.6. The van der Waals surface area contributed by atoms with Crippen LogP contribution in [0.3, 0.4) is 0 Å². The third-order valence-corrected chi connectivity index (χ3v) is 5.09. The van der Waals surface area contributed by atoms with Crippen LogP contribution in [-0.2, 0) is 10.4 Å². The predicted octanol–water partition coefficient (Wildman–Crippen LogP) is 4.06. The Morgan fingerprint density at radius 1 is 1.16 bits per heavy atom. The molecule has 0 spiro atoms. The van der Waals surface area contributed by atoms with Crippen molar-refractivity contribution in [3.05, 3.63) is 64.1 Å². The first-order chi connectivity index (χ1) is 12.0. The lowest BCUT2D eigenvalue weighted by Crippen LogP contribution is -2.42. The number of nitrogens with zero attached hydrogens (tertiary/aromatic N) is 1. The number of ketones is 1. The Morgan fingerprint density at radius 2 is 1.84 bits per heavy atom. The molecule has 0 fully saturated rings. The highest BCUT2D eigenvalue weighted by Gasteiger charge is 2.50. The minimum atomic E-state index is -1.80. The second kappa shape index (κ2) is 7.10. The molecule has 0 saturated heterocycles. The zero-order chi connectivity index (χ0) is 18.0. The van der Waals surface area contributed by atoms with Gasteiger partial charge in [0.25, 0.3) is 5.91 Å². The molecule has 1 heterocycles. The lowest BCUT2D eigenvalue weighted by molar-refractivity contribution is -0.135. The van der Waals surface area contributed by atoms with E-state index in [0.717, 1.165) is 17.3 Å². The zero-order valence-electron chi connectivity index (χ0n) is 14.0. The molecule has 0 radical (unpaired) electrons. The van der Waals surface area contributed by atoms with Gasteiger partial charge in [-0.05, 0) is 24.6 Å². The second-order valence-corrected chi connectivity index (χ2v) is 7.21. The van der Waals surface area contributed by atoms with Crippen molar-refractivity contribution in [3.8, 4) is 0 Å². The number of halogens is 1. The molecule has 0 aliphatic carbocycles. The van der Waals surface area contributed by atoms with Crippen LogP contribution in [0.15, 0.2) is 53.0 Å². The summed E-state index contributed by atoms with van der Waals surface area (Å²) in [7, 11) is 0. The van der Waals surface area contributed by atoms with Crippen molar-refractivity contribution in [2.45, 2.75) is 31.8 Å². The summed E-state index contributed by atoms with van der Waals surface area (Å²) in [6.07, 6.45) is 1.53. The van der Waals surface area contributed by atoms with Crippen LogP contribution in [0, 0.1) is 0 Å². The van der Waals surface area contributed by atoms with Crippen LogP contribution in [0.1, 0.15) is 42.1 Å². The maximum absolute atomic E-state index is 12.9. The number of hydrogen-bond acceptors (Lipinski definition) is 3. The number of hydrogen-bond donors (Lipinski definition) is 1. The Morgan fingerprint density at radius 3 is 2.52 bits per heavy atom. The van der Waals surface area contributed by atoms with Crippen molar-refractivity contribution in [2.75, 3.05) is 11.4 Å². The smallest absolute Gasteiger partial charge is 0.264 e. The highest BCUT2D eigenvalue weighted by atomic mass is 79.9. The highest BCUT2D eigenvalue weighted by Crippen LogP contribution is 2.42. The van der Waals surface area contributed by atoms with E-state index >= 15 is 0 Å². The number of para-hydroxylation sites is 1. The molecule has 0 saturated carbocycles. The van der Waals surface area contributed by atoms with Gasteiger partial charge in [-0.1, -0.05) is 59.6 Å². The van der Waals surface area contributed by atoms with Crippen LogP contribution in [0.2, 0.25) is 0 Å². The Labute approximate surface area is 155 Å². The van der Waals surface area contributed by atoms with Crippen molar-refractivity contribution in [1.82, 2.24) is 0 Å². The van der Waals surface area contributed by atoms with Crippen molar-refractivity contribution >= 4 is 33.3 Å². The second-order valence-electron chi connectivity index (χ2n) is 6.29. The Hall–Kier alpha value is -1.98. The molecule has 1 amide bonds. The van der Waals surface area contributed by atoms with Crippen LogP contribution in [0.4, 0.5) is 5.69 Å². The van der Waals surface area contributed by atoms with Crippen LogP contribution in [0.25, 0.3) is 0 Å². The lowest BCUT2D eigenvalue weighted by atomic mass is 9.88. The molecule has 3 rings (SSSR count). The summed E-state index contributed by atoms with van der Waals surface area (Å²) in [5, 5.41) is 11.1. The van der Waals surface area contributed by atoms with Crippen LogP contribution >= 0.6 is 15.9 Å². The number of amides is 1. The maximum Gasteiger partial charge on any atom is 0.264 e. The largest absolute Gasteiger partial charge is 0.375 e. The summed E-state index contributed by atoms with van der Waals surface area (Å²) in [5.74, 6) is -0.664. The van der Waals surface area contributed by atoms with Gasteiger partial charge >= 0.3 is 0 Å². The predicted molar refractivity (Wildman–Crippen MR) is 101 cm³/mol. The molecular formula is C20H20BrNO3. The van der Waals surface area contributed by atoms with Gasteiger partial charge in [-0.3, -0.25) is 9.59 Å². The lowest BCUT2D eigenvalue weighted by Gasteiger charge is -2.22. The number of benzene rings is 2. The van der Waals surface area contributed by atoms with E-state index in [2.05, 4.69) is 22.9 Å². The van der Waals surface area contributed by atoms with Gasteiger partial charge in [0.1, 0.15) is 0 Å². The molecule has 1 N–H and O–H groups in total. The van der Waals surface area contributed by atoms with Crippen LogP contribution in [-0.4, -0.2) is 23.3 Å². The minimum absolute atomic E-state index is 0.254. The number of rotatable bonds is 6. The minimum Gasteiger partial charge on any atom is -0.375 e. The molecule has 25 heavy (non-hydrogen) atoms. The van der Waals surface area contributed by atoms with Gasteiger partial charge < -0.3 is 10.0 Å². The van der Waals surface area contributed by atoms with Crippen LogP contribution in [0.5, 0.6) is 0 Å². The Bertz CT molecular complexity index is 803. The third-order valence-electron chi connectivity index (χ3n) is 4.56. The Balaban J connectivity index is 1.92. The summed E-state index contributed by atoms with van der Waals surface area (Å²) in [4.78, 5) is 27.2. The quantitative estimate of drug-likeness (QED) is 0.742. The standard InChI is InChI=1S/C20H20BrNO3/c1-2-3-12-22-17-7-5-4-6-16(17)20(25,19(22)24)13-18(23)14-8-10-15(21)11-9-14/h4-11,25H,2-3,12-13H2,1H3/t20-/m1/s1. The SMILES string of the molecule is CCCCN1C(=O)[C@@](O)(CC(=O)c2ccc(Br)cc2)c2ccccc21. The number of carbonyl (C=O) groups excluding carboxylic acids is 2. The molecule has 130 valence electrons.